The third-order valence-electron chi connectivity index (χ3n) is 1.79. The molecule has 0 aliphatic carbocycles. The predicted molar refractivity (Wildman–Crippen MR) is 62.9 cm³/mol. The normalized spacial score (nSPS) is 14.2. The summed E-state index contributed by atoms with van der Waals surface area (Å²) in [5.41, 5.74) is -1.03. The van der Waals surface area contributed by atoms with Crippen LogP contribution in [0.15, 0.2) is 0 Å². The van der Waals surface area contributed by atoms with Gasteiger partial charge < -0.3 is 10.1 Å². The minimum Gasteiger partial charge on any atom is -0.458 e. The predicted octanol–water partition coefficient (Wildman–Crippen LogP) is 1.88. The van der Waals surface area contributed by atoms with Crippen molar-refractivity contribution in [3.05, 3.63) is 0 Å². The summed E-state index contributed by atoms with van der Waals surface area (Å²) in [7, 11) is 0. The van der Waals surface area contributed by atoms with E-state index < -0.39 is 23.0 Å². The molecule has 94 valence electrons. The number of carbonyl (C=O) groups excluding carboxylic acids is 2. The lowest BCUT2D eigenvalue weighted by atomic mass is 9.95. The smallest absolute Gasteiger partial charge is 0.328 e. The number of amides is 1. The first-order valence-electron chi connectivity index (χ1n) is 5.47. The zero-order valence-electron chi connectivity index (χ0n) is 11.3. The summed E-state index contributed by atoms with van der Waals surface area (Å²) in [6.07, 6.45) is 0. The number of ether oxygens (including phenoxy) is 1. The van der Waals surface area contributed by atoms with Crippen LogP contribution in [0.5, 0.6) is 0 Å². The van der Waals surface area contributed by atoms with E-state index in [0.717, 1.165) is 0 Å². The van der Waals surface area contributed by atoms with Crippen molar-refractivity contribution in [1.82, 2.24) is 5.32 Å². The van der Waals surface area contributed by atoms with Crippen LogP contribution in [0, 0.1) is 5.41 Å². The fraction of sp³-hybridized carbons (Fsp3) is 0.833. The Bertz CT molecular complexity index is 271. The van der Waals surface area contributed by atoms with Crippen LogP contribution in [-0.4, -0.2) is 23.5 Å². The van der Waals surface area contributed by atoms with E-state index in [-0.39, 0.29) is 5.91 Å². The maximum Gasteiger partial charge on any atom is 0.328 e. The van der Waals surface area contributed by atoms with Crippen LogP contribution in [0.2, 0.25) is 0 Å². The van der Waals surface area contributed by atoms with E-state index in [2.05, 4.69) is 5.32 Å². The first-order valence-corrected chi connectivity index (χ1v) is 5.47. The van der Waals surface area contributed by atoms with E-state index in [0.29, 0.717) is 0 Å². The van der Waals surface area contributed by atoms with E-state index in [1.54, 1.807) is 48.5 Å². The fourth-order valence-electron chi connectivity index (χ4n) is 0.862. The van der Waals surface area contributed by atoms with Gasteiger partial charge in [0.1, 0.15) is 11.6 Å². The van der Waals surface area contributed by atoms with Gasteiger partial charge in [0.15, 0.2) is 0 Å². The number of esters is 1. The molecule has 0 rings (SSSR count). The zero-order chi connectivity index (χ0) is 13.1. The van der Waals surface area contributed by atoms with Gasteiger partial charge in [-0.2, -0.15) is 0 Å². The molecule has 0 bridgehead atoms. The standard InChI is InChI=1S/C12H23NO3/c1-8(9(14)16-12(5,6)7)13-10(15)11(2,3)4/h8H,1-7H3,(H,13,15). The summed E-state index contributed by atoms with van der Waals surface area (Å²) >= 11 is 0. The highest BCUT2D eigenvalue weighted by atomic mass is 16.6. The maximum absolute atomic E-state index is 11.6. The van der Waals surface area contributed by atoms with E-state index >= 15 is 0 Å². The van der Waals surface area contributed by atoms with Crippen LogP contribution < -0.4 is 5.32 Å². The summed E-state index contributed by atoms with van der Waals surface area (Å²) in [6.45, 7) is 12.4. The third kappa shape index (κ3) is 5.73. The van der Waals surface area contributed by atoms with Crippen LogP contribution in [0.1, 0.15) is 48.5 Å². The van der Waals surface area contributed by atoms with Gasteiger partial charge in [-0.3, -0.25) is 4.79 Å². The molecule has 16 heavy (non-hydrogen) atoms. The van der Waals surface area contributed by atoms with Crippen molar-refractivity contribution in [2.75, 3.05) is 0 Å². The maximum atomic E-state index is 11.6. The second-order valence-electron chi connectivity index (χ2n) is 5.98. The molecule has 0 aromatic heterocycles. The van der Waals surface area contributed by atoms with Gasteiger partial charge in [-0.25, -0.2) is 4.79 Å². The number of carbonyl (C=O) groups is 2. The summed E-state index contributed by atoms with van der Waals surface area (Å²) in [5.74, 6) is -0.573. The van der Waals surface area contributed by atoms with Crippen LogP contribution in [-0.2, 0) is 14.3 Å². The monoisotopic (exact) mass is 229 g/mol. The van der Waals surface area contributed by atoms with E-state index in [1.165, 1.54) is 0 Å². The van der Waals surface area contributed by atoms with Gasteiger partial charge in [-0.15, -0.1) is 0 Å². The Morgan fingerprint density at radius 2 is 1.50 bits per heavy atom. The Balaban J connectivity index is 4.33. The first kappa shape index (κ1) is 14.9. The summed E-state index contributed by atoms with van der Waals surface area (Å²) in [5, 5.41) is 2.63. The molecule has 0 fully saturated rings. The number of hydrogen-bond acceptors (Lipinski definition) is 3. The lowest BCUT2D eigenvalue weighted by Gasteiger charge is -2.25. The average molecular weight is 229 g/mol. The van der Waals surface area contributed by atoms with Crippen molar-refractivity contribution in [2.45, 2.75) is 60.1 Å². The Labute approximate surface area is 97.7 Å². The van der Waals surface area contributed by atoms with Crippen molar-refractivity contribution >= 4 is 11.9 Å². The molecule has 0 spiro atoms. The highest BCUT2D eigenvalue weighted by Crippen LogP contribution is 2.14. The Morgan fingerprint density at radius 3 is 1.81 bits per heavy atom. The molecule has 0 heterocycles. The summed E-state index contributed by atoms with van der Waals surface area (Å²) in [4.78, 5) is 23.2. The van der Waals surface area contributed by atoms with E-state index in [9.17, 15) is 9.59 Å². The Morgan fingerprint density at radius 1 is 1.06 bits per heavy atom. The van der Waals surface area contributed by atoms with Gasteiger partial charge in [0.25, 0.3) is 0 Å². The average Bonchev–Trinajstić information content (AvgIpc) is 1.98. The minimum atomic E-state index is -0.619. The fourth-order valence-corrected chi connectivity index (χ4v) is 0.862. The Kier molecular flexibility index (Phi) is 4.53. The van der Waals surface area contributed by atoms with Gasteiger partial charge >= 0.3 is 5.97 Å². The molecule has 4 nitrogen and oxygen atoms in total. The minimum absolute atomic E-state index is 0.161. The zero-order valence-corrected chi connectivity index (χ0v) is 11.3. The molecule has 0 aliphatic heterocycles. The quantitative estimate of drug-likeness (QED) is 0.735. The van der Waals surface area contributed by atoms with Crippen molar-refractivity contribution < 1.29 is 14.3 Å². The van der Waals surface area contributed by atoms with Crippen molar-refractivity contribution in [1.29, 1.82) is 0 Å². The summed E-state index contributed by atoms with van der Waals surface area (Å²) < 4.78 is 5.16. The topological polar surface area (TPSA) is 55.4 Å². The molecule has 1 amide bonds. The number of rotatable bonds is 2. The molecule has 1 N–H and O–H groups in total. The second kappa shape index (κ2) is 4.85. The van der Waals surface area contributed by atoms with Crippen molar-refractivity contribution in [3.63, 3.8) is 0 Å². The van der Waals surface area contributed by atoms with Gasteiger partial charge in [-0.1, -0.05) is 20.8 Å². The molecule has 0 saturated carbocycles. The molecule has 0 aliphatic rings. The van der Waals surface area contributed by atoms with E-state index in [1.807, 2.05) is 0 Å². The van der Waals surface area contributed by atoms with E-state index in [4.69, 9.17) is 4.74 Å². The van der Waals surface area contributed by atoms with Crippen LogP contribution in [0.25, 0.3) is 0 Å². The molecule has 1 unspecified atom stereocenters. The summed E-state index contributed by atoms with van der Waals surface area (Å²) in [6, 6.07) is -0.619. The van der Waals surface area contributed by atoms with Gasteiger partial charge in [0.05, 0.1) is 0 Å². The van der Waals surface area contributed by atoms with Gasteiger partial charge in [0, 0.05) is 5.41 Å². The van der Waals surface area contributed by atoms with Crippen LogP contribution in [0.3, 0.4) is 0 Å². The van der Waals surface area contributed by atoms with Gasteiger partial charge in [-0.05, 0) is 27.7 Å². The molecular formula is C12H23NO3. The van der Waals surface area contributed by atoms with Crippen molar-refractivity contribution in [3.8, 4) is 0 Å². The third-order valence-corrected chi connectivity index (χ3v) is 1.79. The SMILES string of the molecule is CC(NC(=O)C(C)(C)C)C(=O)OC(C)(C)C. The lowest BCUT2D eigenvalue weighted by molar-refractivity contribution is -0.158. The second-order valence-corrected chi connectivity index (χ2v) is 5.98. The van der Waals surface area contributed by atoms with Crippen LogP contribution >= 0.6 is 0 Å². The number of hydrogen-bond donors (Lipinski definition) is 1. The largest absolute Gasteiger partial charge is 0.458 e. The molecular weight excluding hydrogens is 206 g/mol. The van der Waals surface area contributed by atoms with Crippen molar-refractivity contribution in [2.24, 2.45) is 5.41 Å². The molecule has 0 saturated heterocycles. The first-order chi connectivity index (χ1) is 6.93. The number of nitrogens with one attached hydrogen (secondary N) is 1. The van der Waals surface area contributed by atoms with Crippen LogP contribution in [0.4, 0.5) is 0 Å². The Hall–Kier alpha value is -1.06. The molecule has 4 heteroatoms. The highest BCUT2D eigenvalue weighted by molar-refractivity contribution is 5.87. The molecule has 0 aromatic rings. The highest BCUT2D eigenvalue weighted by Gasteiger charge is 2.27. The van der Waals surface area contributed by atoms with Gasteiger partial charge in [0.2, 0.25) is 5.91 Å². The molecule has 1 atom stereocenters. The molecule has 0 radical (unpaired) electrons. The molecule has 0 aromatic carbocycles. The lowest BCUT2D eigenvalue weighted by Crippen LogP contribution is -2.46.